The number of rotatable bonds is 0. The van der Waals surface area contributed by atoms with Crippen LogP contribution >= 0.6 is 0 Å². The summed E-state index contributed by atoms with van der Waals surface area (Å²) < 4.78 is 0. The Morgan fingerprint density at radius 1 is 1.35 bits per heavy atom. The maximum absolute atomic E-state index is 11.6. The Morgan fingerprint density at radius 2 is 2.12 bits per heavy atom. The summed E-state index contributed by atoms with van der Waals surface area (Å²) in [7, 11) is 0. The van der Waals surface area contributed by atoms with Gasteiger partial charge >= 0.3 is 0 Å². The van der Waals surface area contributed by atoms with Crippen LogP contribution in [0.15, 0.2) is 12.1 Å². The molecule has 5 nitrogen and oxygen atoms in total. The zero-order valence-corrected chi connectivity index (χ0v) is 9.24. The van der Waals surface area contributed by atoms with Gasteiger partial charge in [-0.3, -0.25) is 14.4 Å². The molecule has 2 aliphatic rings. The van der Waals surface area contributed by atoms with Crippen molar-refractivity contribution in [2.24, 2.45) is 0 Å². The van der Waals surface area contributed by atoms with Crippen LogP contribution in [0.2, 0.25) is 0 Å². The van der Waals surface area contributed by atoms with E-state index in [1.54, 1.807) is 11.0 Å². The number of nitrogens with one attached hydrogen (secondary N) is 1. The molecule has 17 heavy (non-hydrogen) atoms. The fourth-order valence-corrected chi connectivity index (χ4v) is 2.41. The van der Waals surface area contributed by atoms with Crippen molar-refractivity contribution in [3.63, 3.8) is 0 Å². The van der Waals surface area contributed by atoms with E-state index in [-0.39, 0.29) is 5.91 Å². The molecule has 1 aromatic rings. The van der Waals surface area contributed by atoms with E-state index in [0.717, 1.165) is 12.0 Å². The smallest absolute Gasteiger partial charge is 0.296 e. The molecule has 0 bridgehead atoms. The molecule has 0 saturated heterocycles. The fourth-order valence-electron chi connectivity index (χ4n) is 2.41. The predicted octanol–water partition coefficient (Wildman–Crippen LogP) is 0.730. The Morgan fingerprint density at radius 3 is 2.82 bits per heavy atom. The summed E-state index contributed by atoms with van der Waals surface area (Å²) in [6.07, 6.45) is 0.756. The van der Waals surface area contributed by atoms with Crippen LogP contribution in [0.25, 0.3) is 0 Å². The lowest BCUT2D eigenvalue weighted by molar-refractivity contribution is -0.116. The molecule has 5 heteroatoms. The molecule has 0 fully saturated rings. The zero-order valence-electron chi connectivity index (χ0n) is 9.24. The number of hydrogen-bond donors (Lipinski definition) is 1. The maximum Gasteiger partial charge on any atom is 0.296 e. The van der Waals surface area contributed by atoms with Crippen LogP contribution in [-0.4, -0.2) is 24.1 Å². The molecule has 0 aromatic heterocycles. The van der Waals surface area contributed by atoms with Gasteiger partial charge in [-0.05, 0) is 18.1 Å². The first-order valence-corrected chi connectivity index (χ1v) is 5.39. The molecule has 86 valence electrons. The molecule has 1 aromatic carbocycles. The largest absolute Gasteiger partial charge is 0.317 e. The number of benzene rings is 1. The number of ketones is 1. The van der Waals surface area contributed by atoms with Gasteiger partial charge in [-0.25, -0.2) is 0 Å². The highest BCUT2D eigenvalue weighted by Crippen LogP contribution is 2.40. The number of Topliss-reactive ketones (excluding diaryl/α,β-unsaturated/α-hetero) is 1. The first-order chi connectivity index (χ1) is 8.09. The predicted molar refractivity (Wildman–Crippen MR) is 61.1 cm³/mol. The second kappa shape index (κ2) is 3.16. The Balaban J connectivity index is 2.23. The third-order valence-electron chi connectivity index (χ3n) is 3.21. The average Bonchev–Trinajstić information content (AvgIpc) is 2.82. The summed E-state index contributed by atoms with van der Waals surface area (Å²) >= 11 is 0. The van der Waals surface area contributed by atoms with Gasteiger partial charge in [-0.2, -0.15) is 0 Å². The lowest BCUT2D eigenvalue weighted by Gasteiger charge is -2.17. The van der Waals surface area contributed by atoms with E-state index in [4.69, 9.17) is 0 Å². The van der Waals surface area contributed by atoms with Gasteiger partial charge in [0.15, 0.2) is 0 Å². The third-order valence-corrected chi connectivity index (χ3v) is 3.21. The molecular weight excluding hydrogens is 220 g/mol. The Labute approximate surface area is 97.4 Å². The molecule has 0 atom stereocenters. The summed E-state index contributed by atoms with van der Waals surface area (Å²) in [5.74, 6) is -1.23. The molecule has 2 heterocycles. The van der Waals surface area contributed by atoms with Gasteiger partial charge in [0.05, 0.1) is 16.9 Å². The summed E-state index contributed by atoms with van der Waals surface area (Å²) in [4.78, 5) is 36.0. The number of carbonyl (C=O) groups excluding carboxylic acids is 3. The number of amides is 2. The highest BCUT2D eigenvalue weighted by molar-refractivity contribution is 6.52. The van der Waals surface area contributed by atoms with Crippen molar-refractivity contribution in [2.45, 2.75) is 13.3 Å². The zero-order chi connectivity index (χ0) is 12.2. The monoisotopic (exact) mass is 230 g/mol. The summed E-state index contributed by atoms with van der Waals surface area (Å²) in [5, 5.41) is 2.55. The van der Waals surface area contributed by atoms with Gasteiger partial charge in [-0.15, -0.1) is 0 Å². The molecule has 2 aliphatic heterocycles. The SMILES string of the molecule is CC(=O)N1CCc2ccc3c(c21)NC(=O)C3=O. The molecular formula is C12H10N2O3. The number of fused-ring (bicyclic) bond motifs is 3. The summed E-state index contributed by atoms with van der Waals surface area (Å²) in [6.45, 7) is 2.08. The van der Waals surface area contributed by atoms with Crippen LogP contribution in [0.1, 0.15) is 22.8 Å². The number of anilines is 2. The second-order valence-corrected chi connectivity index (χ2v) is 4.20. The Kier molecular flexibility index (Phi) is 1.86. The van der Waals surface area contributed by atoms with Crippen molar-refractivity contribution in [1.29, 1.82) is 0 Å². The van der Waals surface area contributed by atoms with Crippen LogP contribution in [0.5, 0.6) is 0 Å². The lowest BCUT2D eigenvalue weighted by Crippen LogP contribution is -2.26. The van der Waals surface area contributed by atoms with E-state index in [9.17, 15) is 14.4 Å². The van der Waals surface area contributed by atoms with E-state index in [1.807, 2.05) is 6.07 Å². The van der Waals surface area contributed by atoms with E-state index in [1.165, 1.54) is 6.92 Å². The van der Waals surface area contributed by atoms with Crippen LogP contribution in [0.3, 0.4) is 0 Å². The van der Waals surface area contributed by atoms with Crippen molar-refractivity contribution in [1.82, 2.24) is 0 Å². The van der Waals surface area contributed by atoms with Gasteiger partial charge in [0.2, 0.25) is 5.91 Å². The van der Waals surface area contributed by atoms with Gasteiger partial charge in [0.1, 0.15) is 0 Å². The third kappa shape index (κ3) is 1.22. The summed E-state index contributed by atoms with van der Waals surface area (Å²) in [5.41, 5.74) is 2.54. The minimum atomic E-state index is -0.621. The number of nitrogens with zero attached hydrogens (tertiary/aromatic N) is 1. The molecule has 3 rings (SSSR count). The van der Waals surface area contributed by atoms with Crippen LogP contribution in [0.4, 0.5) is 11.4 Å². The Bertz CT molecular complexity index is 577. The van der Waals surface area contributed by atoms with E-state index in [0.29, 0.717) is 23.5 Å². The highest BCUT2D eigenvalue weighted by atomic mass is 16.2. The number of carbonyl (C=O) groups is 3. The van der Waals surface area contributed by atoms with Gasteiger partial charge in [0.25, 0.3) is 11.7 Å². The Hall–Kier alpha value is -2.17. The lowest BCUT2D eigenvalue weighted by atomic mass is 10.1. The van der Waals surface area contributed by atoms with Crippen LogP contribution in [-0.2, 0) is 16.0 Å². The first kappa shape index (κ1) is 10.0. The van der Waals surface area contributed by atoms with Crippen molar-refractivity contribution in [2.75, 3.05) is 16.8 Å². The first-order valence-electron chi connectivity index (χ1n) is 5.39. The van der Waals surface area contributed by atoms with Crippen molar-refractivity contribution < 1.29 is 14.4 Å². The van der Waals surface area contributed by atoms with E-state index < -0.39 is 11.7 Å². The maximum atomic E-state index is 11.6. The molecule has 0 aliphatic carbocycles. The van der Waals surface area contributed by atoms with Crippen molar-refractivity contribution >= 4 is 29.0 Å². The molecule has 0 spiro atoms. The van der Waals surface area contributed by atoms with E-state index in [2.05, 4.69) is 5.32 Å². The van der Waals surface area contributed by atoms with Crippen LogP contribution in [0, 0.1) is 0 Å². The van der Waals surface area contributed by atoms with Gasteiger partial charge in [-0.1, -0.05) is 6.07 Å². The molecule has 0 unspecified atom stereocenters. The normalized spacial score (nSPS) is 16.9. The number of hydrogen-bond acceptors (Lipinski definition) is 3. The summed E-state index contributed by atoms with van der Waals surface area (Å²) in [6, 6.07) is 3.47. The molecule has 2 amide bonds. The quantitative estimate of drug-likeness (QED) is 0.668. The average molecular weight is 230 g/mol. The van der Waals surface area contributed by atoms with Gasteiger partial charge in [0, 0.05) is 13.5 Å². The minimum absolute atomic E-state index is 0.0780. The fraction of sp³-hybridized carbons (Fsp3) is 0.250. The molecule has 1 N–H and O–H groups in total. The molecule has 0 saturated carbocycles. The standard InChI is InChI=1S/C12H10N2O3/c1-6(15)14-5-4-7-2-3-8-9(10(7)14)13-12(17)11(8)16/h2-3H,4-5H2,1H3,(H,13,16,17). The van der Waals surface area contributed by atoms with Gasteiger partial charge < -0.3 is 10.2 Å². The van der Waals surface area contributed by atoms with Crippen molar-refractivity contribution in [3.05, 3.63) is 23.3 Å². The highest BCUT2D eigenvalue weighted by Gasteiger charge is 2.35. The van der Waals surface area contributed by atoms with E-state index >= 15 is 0 Å². The second-order valence-electron chi connectivity index (χ2n) is 4.20. The van der Waals surface area contributed by atoms with Crippen LogP contribution < -0.4 is 10.2 Å². The van der Waals surface area contributed by atoms with Crippen molar-refractivity contribution in [3.8, 4) is 0 Å². The topological polar surface area (TPSA) is 66.5 Å². The minimum Gasteiger partial charge on any atom is -0.317 e. The molecule has 0 radical (unpaired) electrons.